The monoisotopic (exact) mass is 330 g/mol. The Morgan fingerprint density at radius 2 is 2.13 bits per heavy atom. The second kappa shape index (κ2) is 6.34. The summed E-state index contributed by atoms with van der Waals surface area (Å²) < 4.78 is 0. The van der Waals surface area contributed by atoms with Crippen LogP contribution >= 0.6 is 11.3 Å². The number of aromatic nitrogens is 1. The molecule has 0 aliphatic heterocycles. The first-order chi connectivity index (χ1) is 10.7. The van der Waals surface area contributed by atoms with E-state index in [-0.39, 0.29) is 22.7 Å². The molecule has 0 aliphatic carbocycles. The van der Waals surface area contributed by atoms with Crippen molar-refractivity contribution >= 4 is 22.7 Å². The molecule has 0 spiro atoms. The first kappa shape index (κ1) is 16.9. The van der Waals surface area contributed by atoms with Gasteiger partial charge >= 0.3 is 0 Å². The first-order valence-electron chi connectivity index (χ1n) is 7.13. The highest BCUT2D eigenvalue weighted by Gasteiger charge is 2.21. The smallest absolute Gasteiger partial charge is 0.293 e. The number of benzene rings is 1. The number of nitrogens with zero attached hydrogens (tertiary/aromatic N) is 3. The van der Waals surface area contributed by atoms with Gasteiger partial charge in [-0.1, -0.05) is 20.8 Å². The number of anilines is 1. The molecule has 0 aliphatic rings. The van der Waals surface area contributed by atoms with E-state index in [1.165, 1.54) is 17.4 Å². The SMILES string of the molecule is CC(Nc1ccc(C#N)cc1[N+](=O)[O-])c1nc(C(C)(C)C)cs1. The van der Waals surface area contributed by atoms with Crippen LogP contribution in [0.1, 0.15) is 50.0 Å². The number of thiazole rings is 1. The molecule has 7 heteroatoms. The Kier molecular flexibility index (Phi) is 4.66. The molecule has 2 aromatic rings. The molecular formula is C16H18N4O2S. The molecule has 1 atom stereocenters. The predicted octanol–water partition coefficient (Wildman–Crippen LogP) is 4.39. The standard InChI is InChI=1S/C16H18N4O2S/c1-10(15-19-14(9-23-15)16(2,3)4)18-12-6-5-11(8-17)7-13(12)20(21)22/h5-7,9-10,18H,1-4H3. The van der Waals surface area contributed by atoms with Gasteiger partial charge in [-0.3, -0.25) is 10.1 Å². The van der Waals surface area contributed by atoms with Crippen LogP contribution in [0.15, 0.2) is 23.6 Å². The second-order valence-corrected chi connectivity index (χ2v) is 7.18. The van der Waals surface area contributed by atoms with Gasteiger partial charge in [-0.05, 0) is 19.1 Å². The van der Waals surface area contributed by atoms with Gasteiger partial charge in [0.2, 0.25) is 0 Å². The highest BCUT2D eigenvalue weighted by atomic mass is 32.1. The molecule has 1 N–H and O–H groups in total. The molecule has 2 rings (SSSR count). The van der Waals surface area contributed by atoms with Crippen LogP contribution in [0.25, 0.3) is 0 Å². The van der Waals surface area contributed by atoms with Gasteiger partial charge < -0.3 is 5.32 Å². The molecule has 0 saturated carbocycles. The number of nitriles is 1. The Labute approximate surface area is 138 Å². The fourth-order valence-corrected chi connectivity index (χ4v) is 3.05. The molecule has 0 amide bonds. The van der Waals surface area contributed by atoms with Crippen molar-refractivity contribution in [1.29, 1.82) is 5.26 Å². The highest BCUT2D eigenvalue weighted by Crippen LogP contribution is 2.31. The number of hydrogen-bond donors (Lipinski definition) is 1. The van der Waals surface area contributed by atoms with Gasteiger partial charge in [-0.2, -0.15) is 5.26 Å². The maximum Gasteiger partial charge on any atom is 0.293 e. The van der Waals surface area contributed by atoms with E-state index in [4.69, 9.17) is 5.26 Å². The minimum atomic E-state index is -0.488. The summed E-state index contributed by atoms with van der Waals surface area (Å²) in [5.41, 5.74) is 1.51. The number of nitro groups is 1. The van der Waals surface area contributed by atoms with Crippen LogP contribution in [0.5, 0.6) is 0 Å². The van der Waals surface area contributed by atoms with Crippen molar-refractivity contribution in [3.8, 4) is 6.07 Å². The zero-order valence-electron chi connectivity index (χ0n) is 13.5. The maximum absolute atomic E-state index is 11.2. The summed E-state index contributed by atoms with van der Waals surface area (Å²) in [7, 11) is 0. The van der Waals surface area contributed by atoms with Gasteiger partial charge in [0.25, 0.3) is 5.69 Å². The van der Waals surface area contributed by atoms with Gasteiger partial charge in [-0.15, -0.1) is 11.3 Å². The van der Waals surface area contributed by atoms with Crippen molar-refractivity contribution in [2.75, 3.05) is 5.32 Å². The third-order valence-corrected chi connectivity index (χ3v) is 4.38. The molecule has 1 aromatic heterocycles. The summed E-state index contributed by atoms with van der Waals surface area (Å²) in [6.07, 6.45) is 0. The van der Waals surface area contributed by atoms with E-state index in [2.05, 4.69) is 31.1 Å². The van der Waals surface area contributed by atoms with E-state index in [0.717, 1.165) is 10.7 Å². The van der Waals surface area contributed by atoms with E-state index in [9.17, 15) is 10.1 Å². The number of nitrogens with one attached hydrogen (secondary N) is 1. The van der Waals surface area contributed by atoms with Crippen LogP contribution in [0.3, 0.4) is 0 Å². The van der Waals surface area contributed by atoms with Crippen LogP contribution in [-0.2, 0) is 5.41 Å². The lowest BCUT2D eigenvalue weighted by Gasteiger charge is -2.16. The molecule has 0 bridgehead atoms. The molecule has 0 radical (unpaired) electrons. The van der Waals surface area contributed by atoms with Crippen LogP contribution < -0.4 is 5.32 Å². The van der Waals surface area contributed by atoms with Crippen molar-refractivity contribution in [3.05, 3.63) is 50.0 Å². The van der Waals surface area contributed by atoms with Gasteiger partial charge in [0.05, 0.1) is 28.3 Å². The Balaban J connectivity index is 2.27. The summed E-state index contributed by atoms with van der Waals surface area (Å²) in [5, 5.41) is 26.1. The zero-order chi connectivity index (χ0) is 17.2. The van der Waals surface area contributed by atoms with Crippen LogP contribution in [0, 0.1) is 21.4 Å². The lowest BCUT2D eigenvalue weighted by Crippen LogP contribution is -2.13. The molecule has 1 unspecified atom stereocenters. The summed E-state index contributed by atoms with van der Waals surface area (Å²) >= 11 is 1.53. The summed E-state index contributed by atoms with van der Waals surface area (Å²) in [4.78, 5) is 15.3. The third-order valence-electron chi connectivity index (χ3n) is 3.36. The maximum atomic E-state index is 11.2. The Bertz CT molecular complexity index is 771. The molecule has 0 saturated heterocycles. The van der Waals surface area contributed by atoms with Crippen molar-refractivity contribution in [2.45, 2.75) is 39.2 Å². The second-order valence-electron chi connectivity index (χ2n) is 6.29. The third kappa shape index (κ3) is 3.85. The molecule has 23 heavy (non-hydrogen) atoms. The minimum Gasteiger partial charge on any atom is -0.371 e. The summed E-state index contributed by atoms with van der Waals surface area (Å²) in [6.45, 7) is 8.19. The van der Waals surface area contributed by atoms with Crippen LogP contribution in [0.4, 0.5) is 11.4 Å². The fraction of sp³-hybridized carbons (Fsp3) is 0.375. The zero-order valence-corrected chi connectivity index (χ0v) is 14.3. The van der Waals surface area contributed by atoms with E-state index in [1.807, 2.05) is 18.4 Å². The number of nitro benzene ring substituents is 1. The average Bonchev–Trinajstić information content (AvgIpc) is 2.97. The molecule has 6 nitrogen and oxygen atoms in total. The van der Waals surface area contributed by atoms with Crippen molar-refractivity contribution in [1.82, 2.24) is 4.98 Å². The summed E-state index contributed by atoms with van der Waals surface area (Å²) in [5.74, 6) is 0. The van der Waals surface area contributed by atoms with Gasteiger partial charge in [0.1, 0.15) is 10.7 Å². The lowest BCUT2D eigenvalue weighted by atomic mass is 9.93. The van der Waals surface area contributed by atoms with Crippen LogP contribution in [0.2, 0.25) is 0 Å². The minimum absolute atomic E-state index is 0.0328. The molecule has 0 fully saturated rings. The molecule has 120 valence electrons. The molecule has 1 heterocycles. The Morgan fingerprint density at radius 3 is 2.65 bits per heavy atom. The number of rotatable bonds is 4. The van der Waals surface area contributed by atoms with Gasteiger partial charge in [-0.25, -0.2) is 4.98 Å². The normalized spacial score (nSPS) is 12.5. The van der Waals surface area contributed by atoms with E-state index in [1.54, 1.807) is 12.1 Å². The highest BCUT2D eigenvalue weighted by molar-refractivity contribution is 7.09. The fourth-order valence-electron chi connectivity index (χ4n) is 2.00. The van der Waals surface area contributed by atoms with Crippen molar-refractivity contribution in [3.63, 3.8) is 0 Å². The van der Waals surface area contributed by atoms with Crippen LogP contribution in [-0.4, -0.2) is 9.91 Å². The predicted molar refractivity (Wildman–Crippen MR) is 90.7 cm³/mol. The Hall–Kier alpha value is -2.46. The van der Waals surface area contributed by atoms with Gasteiger partial charge in [0.15, 0.2) is 0 Å². The Morgan fingerprint density at radius 1 is 1.43 bits per heavy atom. The van der Waals surface area contributed by atoms with Crippen molar-refractivity contribution < 1.29 is 4.92 Å². The quantitative estimate of drug-likeness (QED) is 0.663. The van der Waals surface area contributed by atoms with Gasteiger partial charge in [0, 0.05) is 16.9 Å². The van der Waals surface area contributed by atoms with E-state index in [0.29, 0.717) is 5.69 Å². The number of hydrogen-bond acceptors (Lipinski definition) is 6. The molecule has 1 aromatic carbocycles. The first-order valence-corrected chi connectivity index (χ1v) is 8.01. The topological polar surface area (TPSA) is 91.8 Å². The van der Waals surface area contributed by atoms with E-state index < -0.39 is 4.92 Å². The van der Waals surface area contributed by atoms with E-state index >= 15 is 0 Å². The average molecular weight is 330 g/mol. The largest absolute Gasteiger partial charge is 0.371 e. The van der Waals surface area contributed by atoms with Crippen molar-refractivity contribution in [2.24, 2.45) is 0 Å². The molecular weight excluding hydrogens is 312 g/mol. The lowest BCUT2D eigenvalue weighted by molar-refractivity contribution is -0.384. The summed E-state index contributed by atoms with van der Waals surface area (Å²) in [6, 6.07) is 6.14.